The van der Waals surface area contributed by atoms with Crippen LogP contribution in [0.15, 0.2) is 12.4 Å². The molecule has 0 saturated heterocycles. The second kappa shape index (κ2) is 9.25. The number of nitrogens with one attached hydrogen (secondary N) is 2. The van der Waals surface area contributed by atoms with Crippen LogP contribution in [0.4, 0.5) is 5.95 Å². The van der Waals surface area contributed by atoms with Crippen molar-refractivity contribution < 1.29 is 4.79 Å². The number of anilines is 1. The van der Waals surface area contributed by atoms with E-state index < -0.39 is 0 Å². The molecule has 1 amide bonds. The quantitative estimate of drug-likeness (QED) is 0.658. The smallest absolute Gasteiger partial charge is 0.239 e. The molecule has 0 saturated carbocycles. The van der Waals surface area contributed by atoms with Gasteiger partial charge in [-0.15, -0.1) is 0 Å². The van der Waals surface area contributed by atoms with Crippen LogP contribution in [0.3, 0.4) is 0 Å². The van der Waals surface area contributed by atoms with Gasteiger partial charge in [0, 0.05) is 38.1 Å². The molecule has 0 atom stereocenters. The third-order valence-corrected chi connectivity index (χ3v) is 2.74. The number of carbonyl (C=O) groups excluding carboxylic acids is 1. The van der Waals surface area contributed by atoms with Gasteiger partial charge < -0.3 is 15.5 Å². The van der Waals surface area contributed by atoms with E-state index in [9.17, 15) is 4.79 Å². The van der Waals surface area contributed by atoms with Crippen molar-refractivity contribution in [3.63, 3.8) is 0 Å². The van der Waals surface area contributed by atoms with E-state index in [-0.39, 0.29) is 12.5 Å². The number of aromatic nitrogens is 2. The summed E-state index contributed by atoms with van der Waals surface area (Å²) in [5.41, 5.74) is 1.05. The Balaban J connectivity index is 2.44. The summed E-state index contributed by atoms with van der Waals surface area (Å²) in [6.07, 6.45) is 5.64. The summed E-state index contributed by atoms with van der Waals surface area (Å²) in [6, 6.07) is 0. The topological polar surface area (TPSA) is 70.2 Å². The fraction of sp³-hybridized carbons (Fsp3) is 0.643. The van der Waals surface area contributed by atoms with Crippen LogP contribution in [0, 0.1) is 0 Å². The number of amides is 1. The Morgan fingerprint density at radius 1 is 1.20 bits per heavy atom. The van der Waals surface area contributed by atoms with Crippen molar-refractivity contribution >= 4 is 11.9 Å². The number of hydrogen-bond donors (Lipinski definition) is 2. The first-order valence-electron chi connectivity index (χ1n) is 7.16. The Hall–Kier alpha value is -1.69. The molecule has 0 bridgehead atoms. The second-order valence-corrected chi connectivity index (χ2v) is 4.77. The fourth-order valence-corrected chi connectivity index (χ4v) is 1.65. The van der Waals surface area contributed by atoms with E-state index in [0.29, 0.717) is 12.5 Å². The van der Waals surface area contributed by atoms with Gasteiger partial charge >= 0.3 is 0 Å². The Morgan fingerprint density at radius 3 is 2.45 bits per heavy atom. The lowest BCUT2D eigenvalue weighted by atomic mass is 10.3. The van der Waals surface area contributed by atoms with Crippen LogP contribution in [-0.2, 0) is 11.3 Å². The minimum absolute atomic E-state index is 0.00774. The standard InChI is InChI=1S/C14H25N5O/c1-4-6-15-8-12-9-17-14(18-10-12)19(3)11-13(20)16-7-5-2/h9-10,15H,4-8,11H2,1-3H3,(H,16,20). The maximum atomic E-state index is 11.6. The van der Waals surface area contributed by atoms with Gasteiger partial charge in [0.25, 0.3) is 0 Å². The summed E-state index contributed by atoms with van der Waals surface area (Å²) in [5.74, 6) is 0.558. The number of carbonyl (C=O) groups is 1. The van der Waals surface area contributed by atoms with E-state index in [1.54, 1.807) is 17.3 Å². The second-order valence-electron chi connectivity index (χ2n) is 4.77. The lowest BCUT2D eigenvalue weighted by molar-refractivity contribution is -0.119. The zero-order valence-electron chi connectivity index (χ0n) is 12.6. The summed E-state index contributed by atoms with van der Waals surface area (Å²) in [5, 5.41) is 6.13. The van der Waals surface area contributed by atoms with Crippen LogP contribution in [-0.4, -0.2) is 42.6 Å². The van der Waals surface area contributed by atoms with Crippen LogP contribution in [0.25, 0.3) is 0 Å². The molecule has 0 unspecified atom stereocenters. The molecule has 20 heavy (non-hydrogen) atoms. The number of hydrogen-bond acceptors (Lipinski definition) is 5. The van der Waals surface area contributed by atoms with Gasteiger partial charge in [0.2, 0.25) is 11.9 Å². The lowest BCUT2D eigenvalue weighted by Gasteiger charge is -2.16. The third-order valence-electron chi connectivity index (χ3n) is 2.74. The molecule has 1 aromatic rings. The first kappa shape index (κ1) is 16.4. The normalized spacial score (nSPS) is 10.3. The van der Waals surface area contributed by atoms with Crippen molar-refractivity contribution in [1.29, 1.82) is 0 Å². The Morgan fingerprint density at radius 2 is 1.85 bits per heavy atom. The lowest BCUT2D eigenvalue weighted by Crippen LogP contribution is -2.36. The Bertz CT molecular complexity index is 393. The molecule has 6 nitrogen and oxygen atoms in total. The average molecular weight is 279 g/mol. The molecule has 0 fully saturated rings. The van der Waals surface area contributed by atoms with Gasteiger partial charge in [-0.3, -0.25) is 4.79 Å². The van der Waals surface area contributed by atoms with Crippen molar-refractivity contribution in [3.8, 4) is 0 Å². The zero-order chi connectivity index (χ0) is 14.8. The minimum Gasteiger partial charge on any atom is -0.355 e. The molecule has 1 aromatic heterocycles. The highest BCUT2D eigenvalue weighted by Crippen LogP contribution is 2.04. The summed E-state index contributed by atoms with van der Waals surface area (Å²) >= 11 is 0. The van der Waals surface area contributed by atoms with E-state index in [2.05, 4.69) is 27.5 Å². The van der Waals surface area contributed by atoms with Crippen molar-refractivity contribution in [2.24, 2.45) is 0 Å². The molecule has 0 aliphatic heterocycles. The third kappa shape index (κ3) is 5.97. The molecule has 2 N–H and O–H groups in total. The Kier molecular flexibility index (Phi) is 7.57. The zero-order valence-corrected chi connectivity index (χ0v) is 12.6. The van der Waals surface area contributed by atoms with Gasteiger partial charge in [-0.1, -0.05) is 13.8 Å². The van der Waals surface area contributed by atoms with E-state index >= 15 is 0 Å². The van der Waals surface area contributed by atoms with E-state index in [4.69, 9.17) is 0 Å². The average Bonchev–Trinajstić information content (AvgIpc) is 2.46. The summed E-state index contributed by atoms with van der Waals surface area (Å²) < 4.78 is 0. The predicted octanol–water partition coefficient (Wildman–Crippen LogP) is 0.939. The molecule has 0 aliphatic rings. The van der Waals surface area contributed by atoms with Crippen LogP contribution in [0.2, 0.25) is 0 Å². The van der Waals surface area contributed by atoms with Crippen LogP contribution in [0.1, 0.15) is 32.3 Å². The van der Waals surface area contributed by atoms with Crippen LogP contribution < -0.4 is 15.5 Å². The van der Waals surface area contributed by atoms with E-state index in [0.717, 1.165) is 31.5 Å². The van der Waals surface area contributed by atoms with Crippen LogP contribution >= 0.6 is 0 Å². The maximum absolute atomic E-state index is 11.6. The van der Waals surface area contributed by atoms with Gasteiger partial charge in [0.1, 0.15) is 0 Å². The van der Waals surface area contributed by atoms with Crippen molar-refractivity contribution in [1.82, 2.24) is 20.6 Å². The highest BCUT2D eigenvalue weighted by molar-refractivity contribution is 5.80. The summed E-state index contributed by atoms with van der Waals surface area (Å²) in [7, 11) is 1.82. The van der Waals surface area contributed by atoms with Gasteiger partial charge in [-0.05, 0) is 19.4 Å². The van der Waals surface area contributed by atoms with E-state index in [1.807, 2.05) is 14.0 Å². The molecule has 0 spiro atoms. The predicted molar refractivity (Wildman–Crippen MR) is 80.6 cm³/mol. The minimum atomic E-state index is -0.00774. The molecule has 112 valence electrons. The number of rotatable bonds is 9. The van der Waals surface area contributed by atoms with Gasteiger partial charge in [0.15, 0.2) is 0 Å². The molecule has 0 aliphatic carbocycles. The molecule has 0 radical (unpaired) electrons. The maximum Gasteiger partial charge on any atom is 0.239 e. The SMILES string of the molecule is CCCNCc1cnc(N(C)CC(=O)NCCC)nc1. The number of likely N-dealkylation sites (N-methyl/N-ethyl adjacent to an activating group) is 1. The summed E-state index contributed by atoms with van der Waals surface area (Å²) in [6.45, 7) is 6.89. The van der Waals surface area contributed by atoms with Gasteiger partial charge in [-0.25, -0.2) is 9.97 Å². The summed E-state index contributed by atoms with van der Waals surface area (Å²) in [4.78, 5) is 21.9. The molecular formula is C14H25N5O. The Labute approximate surface area is 121 Å². The van der Waals surface area contributed by atoms with Crippen molar-refractivity contribution in [3.05, 3.63) is 18.0 Å². The highest BCUT2D eigenvalue weighted by Gasteiger charge is 2.09. The monoisotopic (exact) mass is 279 g/mol. The van der Waals surface area contributed by atoms with Gasteiger partial charge in [-0.2, -0.15) is 0 Å². The van der Waals surface area contributed by atoms with Crippen molar-refractivity contribution in [2.45, 2.75) is 33.2 Å². The molecule has 1 rings (SSSR count). The largest absolute Gasteiger partial charge is 0.355 e. The molecular weight excluding hydrogens is 254 g/mol. The van der Waals surface area contributed by atoms with E-state index in [1.165, 1.54) is 0 Å². The fourth-order valence-electron chi connectivity index (χ4n) is 1.65. The highest BCUT2D eigenvalue weighted by atomic mass is 16.2. The number of nitrogens with zero attached hydrogens (tertiary/aromatic N) is 3. The van der Waals surface area contributed by atoms with Crippen LogP contribution in [0.5, 0.6) is 0 Å². The van der Waals surface area contributed by atoms with Crippen molar-refractivity contribution in [2.75, 3.05) is 31.6 Å². The first-order valence-corrected chi connectivity index (χ1v) is 7.16. The molecule has 0 aromatic carbocycles. The molecule has 1 heterocycles. The van der Waals surface area contributed by atoms with Gasteiger partial charge in [0.05, 0.1) is 6.54 Å². The molecule has 6 heteroatoms. The first-order chi connectivity index (χ1) is 9.67.